The van der Waals surface area contributed by atoms with Crippen LogP contribution in [-0.4, -0.2) is 12.4 Å². The average molecular weight is 486 g/mol. The van der Waals surface area contributed by atoms with Crippen LogP contribution in [0.4, 0.5) is 37.7 Å². The van der Waals surface area contributed by atoms with E-state index in [0.717, 1.165) is 36.4 Å². The van der Waals surface area contributed by atoms with Crippen LogP contribution in [0.2, 0.25) is 0 Å². The monoisotopic (exact) mass is 486 g/mol. The number of nitrogen functional groups attached to an aromatic ring is 2. The molecule has 35 heavy (non-hydrogen) atoms. The van der Waals surface area contributed by atoms with Crippen molar-refractivity contribution in [3.8, 4) is 22.3 Å². The molecule has 0 spiro atoms. The van der Waals surface area contributed by atoms with E-state index >= 15 is 0 Å². The number of nitrogens with two attached hydrogens (primary N) is 2. The number of rotatable bonds is 4. The first-order chi connectivity index (χ1) is 16.5. The fraction of sp³-hybridized carbons (Fsp3) is 0.111. The summed E-state index contributed by atoms with van der Waals surface area (Å²) in [4.78, 5) is 0. The maximum atomic E-state index is 14.7. The van der Waals surface area contributed by atoms with Gasteiger partial charge in [-0.3, -0.25) is 0 Å². The molecule has 2 nitrogen and oxygen atoms in total. The summed E-state index contributed by atoms with van der Waals surface area (Å²) in [5, 5.41) is 0. The summed E-state index contributed by atoms with van der Waals surface area (Å²) < 4.78 is 88.4. The second kappa shape index (κ2) is 8.69. The Morgan fingerprint density at radius 1 is 0.457 bits per heavy atom. The first-order valence-electron chi connectivity index (χ1n) is 10.5. The molecule has 0 amide bonds. The minimum Gasteiger partial charge on any atom is -0.398 e. The first kappa shape index (κ1) is 24.2. The van der Waals surface area contributed by atoms with Crippen molar-refractivity contribution in [1.82, 2.24) is 0 Å². The minimum atomic E-state index is -5.74. The molecule has 0 radical (unpaired) electrons. The van der Waals surface area contributed by atoms with E-state index in [2.05, 4.69) is 0 Å². The standard InChI is InChI=1S/C27H20F6N2/c28-26(29,30)25(27(31,32)33,19-11-13-23(34)21(15-19)17-7-3-1-4-8-17)20-12-14-24(35)22(16-20)18-9-5-2-6-10-18/h1-16H,34-35H2. The number of alkyl halides is 6. The van der Waals surface area contributed by atoms with Crippen molar-refractivity contribution in [3.63, 3.8) is 0 Å². The first-order valence-corrected chi connectivity index (χ1v) is 10.5. The normalized spacial score (nSPS) is 12.5. The van der Waals surface area contributed by atoms with Gasteiger partial charge in [-0.15, -0.1) is 0 Å². The third kappa shape index (κ3) is 4.09. The van der Waals surface area contributed by atoms with E-state index < -0.39 is 28.9 Å². The highest BCUT2D eigenvalue weighted by atomic mass is 19.4. The van der Waals surface area contributed by atoms with E-state index in [4.69, 9.17) is 11.5 Å². The van der Waals surface area contributed by atoms with E-state index in [1.807, 2.05) is 0 Å². The fourth-order valence-electron chi connectivity index (χ4n) is 4.30. The van der Waals surface area contributed by atoms with Gasteiger partial charge in [-0.25, -0.2) is 0 Å². The quantitative estimate of drug-likeness (QED) is 0.231. The second-order valence-electron chi connectivity index (χ2n) is 8.08. The molecule has 0 saturated carbocycles. The van der Waals surface area contributed by atoms with Gasteiger partial charge in [-0.2, -0.15) is 26.3 Å². The van der Waals surface area contributed by atoms with Gasteiger partial charge in [0.15, 0.2) is 0 Å². The lowest BCUT2D eigenvalue weighted by Crippen LogP contribution is -2.54. The summed E-state index contributed by atoms with van der Waals surface area (Å²) in [5.41, 5.74) is 6.66. The van der Waals surface area contributed by atoms with Crippen molar-refractivity contribution >= 4 is 11.4 Å². The van der Waals surface area contributed by atoms with E-state index in [-0.39, 0.29) is 22.5 Å². The predicted molar refractivity (Wildman–Crippen MR) is 125 cm³/mol. The molecule has 0 fully saturated rings. The highest BCUT2D eigenvalue weighted by Crippen LogP contribution is 2.57. The molecule has 4 rings (SSSR count). The molecule has 0 aliphatic carbocycles. The van der Waals surface area contributed by atoms with Gasteiger partial charge in [0.05, 0.1) is 0 Å². The van der Waals surface area contributed by atoms with Crippen LogP contribution in [0.5, 0.6) is 0 Å². The lowest BCUT2D eigenvalue weighted by atomic mass is 9.71. The van der Waals surface area contributed by atoms with E-state index in [0.29, 0.717) is 11.1 Å². The second-order valence-corrected chi connectivity index (χ2v) is 8.08. The van der Waals surface area contributed by atoms with Gasteiger partial charge < -0.3 is 11.5 Å². The molecular formula is C27H20F6N2. The van der Waals surface area contributed by atoms with Crippen LogP contribution in [0, 0.1) is 0 Å². The Balaban J connectivity index is 2.06. The molecule has 0 atom stereocenters. The summed E-state index contributed by atoms with van der Waals surface area (Å²) in [6.07, 6.45) is -11.5. The molecule has 0 unspecified atom stereocenters. The molecule has 0 bridgehead atoms. The van der Waals surface area contributed by atoms with Crippen molar-refractivity contribution in [2.75, 3.05) is 11.5 Å². The van der Waals surface area contributed by atoms with E-state index in [1.165, 1.54) is 0 Å². The average Bonchev–Trinajstić information content (AvgIpc) is 2.81. The van der Waals surface area contributed by atoms with E-state index in [9.17, 15) is 26.3 Å². The molecule has 0 heterocycles. The van der Waals surface area contributed by atoms with Crippen LogP contribution in [-0.2, 0) is 5.41 Å². The number of hydrogen-bond donors (Lipinski definition) is 2. The SMILES string of the molecule is Nc1ccc(C(c2ccc(N)c(-c3ccccc3)c2)(C(F)(F)F)C(F)(F)F)cc1-c1ccccc1. The van der Waals surface area contributed by atoms with Crippen LogP contribution >= 0.6 is 0 Å². The highest BCUT2D eigenvalue weighted by molar-refractivity contribution is 5.79. The lowest BCUT2D eigenvalue weighted by Gasteiger charge is -2.39. The Morgan fingerprint density at radius 2 is 0.800 bits per heavy atom. The fourth-order valence-corrected chi connectivity index (χ4v) is 4.30. The number of halogens is 6. The van der Waals surface area contributed by atoms with Crippen molar-refractivity contribution in [3.05, 3.63) is 108 Å². The molecule has 4 N–H and O–H groups in total. The van der Waals surface area contributed by atoms with Gasteiger partial charge in [0, 0.05) is 22.5 Å². The summed E-state index contributed by atoms with van der Waals surface area (Å²) >= 11 is 0. The van der Waals surface area contributed by atoms with Crippen molar-refractivity contribution in [1.29, 1.82) is 0 Å². The van der Waals surface area contributed by atoms with Gasteiger partial charge in [0.25, 0.3) is 0 Å². The smallest absolute Gasteiger partial charge is 0.398 e. The van der Waals surface area contributed by atoms with E-state index in [1.54, 1.807) is 60.7 Å². The topological polar surface area (TPSA) is 52.0 Å². The van der Waals surface area contributed by atoms with Gasteiger partial charge in [-0.1, -0.05) is 72.8 Å². The third-order valence-corrected chi connectivity index (χ3v) is 5.99. The van der Waals surface area contributed by atoms with Gasteiger partial charge >= 0.3 is 12.4 Å². The molecule has 0 saturated heterocycles. The Bertz CT molecular complexity index is 1220. The molecule has 4 aromatic rings. The van der Waals surface area contributed by atoms with Crippen molar-refractivity contribution < 1.29 is 26.3 Å². The maximum absolute atomic E-state index is 14.7. The minimum absolute atomic E-state index is 0.0560. The molecule has 0 aromatic heterocycles. The van der Waals surface area contributed by atoms with Crippen molar-refractivity contribution in [2.45, 2.75) is 17.8 Å². The lowest BCUT2D eigenvalue weighted by molar-refractivity contribution is -0.288. The zero-order valence-electron chi connectivity index (χ0n) is 18.2. The van der Waals surface area contributed by atoms with Crippen LogP contribution < -0.4 is 11.5 Å². The Hall–Kier alpha value is -3.94. The van der Waals surface area contributed by atoms with Gasteiger partial charge in [0.1, 0.15) is 0 Å². The molecular weight excluding hydrogens is 466 g/mol. The van der Waals surface area contributed by atoms with Crippen LogP contribution in [0.1, 0.15) is 11.1 Å². The van der Waals surface area contributed by atoms with Crippen LogP contribution in [0.25, 0.3) is 22.3 Å². The Morgan fingerprint density at radius 3 is 1.11 bits per heavy atom. The predicted octanol–water partition coefficient (Wildman–Crippen LogP) is 7.60. The summed E-state index contributed by atoms with van der Waals surface area (Å²) in [7, 11) is 0. The Kier molecular flexibility index (Phi) is 6.00. The largest absolute Gasteiger partial charge is 0.411 e. The molecule has 0 aliphatic rings. The maximum Gasteiger partial charge on any atom is 0.411 e. The zero-order chi connectivity index (χ0) is 25.4. The van der Waals surface area contributed by atoms with Crippen LogP contribution in [0.15, 0.2) is 97.1 Å². The number of benzene rings is 4. The number of anilines is 2. The Labute approximate surface area is 197 Å². The molecule has 180 valence electrons. The highest BCUT2D eigenvalue weighted by Gasteiger charge is 2.72. The number of hydrogen-bond acceptors (Lipinski definition) is 2. The van der Waals surface area contributed by atoms with Gasteiger partial charge in [-0.05, 0) is 46.5 Å². The zero-order valence-corrected chi connectivity index (χ0v) is 18.2. The summed E-state index contributed by atoms with van der Waals surface area (Å²) in [6, 6.07) is 21.5. The molecule has 0 aliphatic heterocycles. The van der Waals surface area contributed by atoms with Gasteiger partial charge in [0.2, 0.25) is 5.41 Å². The summed E-state index contributed by atoms with van der Waals surface area (Å²) in [6.45, 7) is 0. The van der Waals surface area contributed by atoms with Crippen LogP contribution in [0.3, 0.4) is 0 Å². The van der Waals surface area contributed by atoms with Crippen molar-refractivity contribution in [2.24, 2.45) is 0 Å². The molecule has 8 heteroatoms. The summed E-state index contributed by atoms with van der Waals surface area (Å²) in [5.74, 6) is 0. The third-order valence-electron chi connectivity index (χ3n) is 5.99. The molecule has 4 aromatic carbocycles.